The number of aliphatic imine (C=N–C) groups is 1. The van der Waals surface area contributed by atoms with Gasteiger partial charge in [0.25, 0.3) is 0 Å². The van der Waals surface area contributed by atoms with Crippen LogP contribution in [0.1, 0.15) is 36.6 Å². The largest absolute Gasteiger partial charge is 0.373 e. The summed E-state index contributed by atoms with van der Waals surface area (Å²) >= 11 is 1.79. The number of rotatable bonds is 5. The van der Waals surface area contributed by atoms with Gasteiger partial charge < -0.3 is 20.3 Å². The quantitative estimate of drug-likeness (QED) is 0.617. The zero-order chi connectivity index (χ0) is 17.7. The summed E-state index contributed by atoms with van der Waals surface area (Å²) in [6, 6.07) is 2.13. The van der Waals surface area contributed by atoms with Crippen LogP contribution in [0.4, 0.5) is 0 Å². The van der Waals surface area contributed by atoms with Crippen LogP contribution in [0.2, 0.25) is 0 Å². The Hall–Kier alpha value is -1.60. The molecule has 0 saturated carbocycles. The lowest BCUT2D eigenvalue weighted by Gasteiger charge is -2.27. The van der Waals surface area contributed by atoms with E-state index in [9.17, 15) is 4.79 Å². The lowest BCUT2D eigenvalue weighted by atomic mass is 10.0. The number of hydrogen-bond acceptors (Lipinski definition) is 4. The van der Waals surface area contributed by atoms with Crippen LogP contribution in [0, 0.1) is 0 Å². The molecule has 1 amide bonds. The van der Waals surface area contributed by atoms with Crippen LogP contribution in [-0.4, -0.2) is 55.7 Å². The second-order valence-corrected chi connectivity index (χ2v) is 7.94. The third-order valence-electron chi connectivity index (χ3n) is 4.95. The third kappa shape index (κ3) is 4.73. The summed E-state index contributed by atoms with van der Waals surface area (Å²) in [5, 5.41) is 8.65. The van der Waals surface area contributed by atoms with Crippen molar-refractivity contribution in [1.29, 1.82) is 0 Å². The van der Waals surface area contributed by atoms with E-state index in [1.54, 1.807) is 18.4 Å². The number of nitrogens with zero attached hydrogens (tertiary/aromatic N) is 2. The summed E-state index contributed by atoms with van der Waals surface area (Å²) in [5.74, 6) is 0.925. The molecule has 0 aliphatic carbocycles. The van der Waals surface area contributed by atoms with E-state index in [1.807, 2.05) is 4.90 Å². The van der Waals surface area contributed by atoms with Crippen molar-refractivity contribution in [2.24, 2.45) is 4.99 Å². The zero-order valence-electron chi connectivity index (χ0n) is 15.1. The second kappa shape index (κ2) is 8.19. The van der Waals surface area contributed by atoms with Gasteiger partial charge in [-0.2, -0.15) is 0 Å². The van der Waals surface area contributed by atoms with E-state index in [0.717, 1.165) is 51.5 Å². The number of guanidine groups is 1. The van der Waals surface area contributed by atoms with E-state index in [2.05, 4.69) is 34.0 Å². The molecule has 2 aliphatic heterocycles. The van der Waals surface area contributed by atoms with Crippen LogP contribution in [0.5, 0.6) is 0 Å². The summed E-state index contributed by atoms with van der Waals surface area (Å²) in [6.45, 7) is 5.85. The molecule has 6 nitrogen and oxygen atoms in total. The molecule has 138 valence electrons. The molecule has 2 N–H and O–H groups in total. The van der Waals surface area contributed by atoms with E-state index in [1.165, 1.54) is 10.4 Å². The molecule has 1 fully saturated rings. The van der Waals surface area contributed by atoms with Crippen LogP contribution in [0.25, 0.3) is 0 Å². The molecule has 7 heteroatoms. The predicted octanol–water partition coefficient (Wildman–Crippen LogP) is 1.76. The van der Waals surface area contributed by atoms with Gasteiger partial charge in [0.2, 0.25) is 5.91 Å². The number of amides is 1. The fourth-order valence-corrected chi connectivity index (χ4v) is 4.26. The Labute approximate surface area is 153 Å². The van der Waals surface area contributed by atoms with Crippen molar-refractivity contribution in [2.75, 3.05) is 33.3 Å². The van der Waals surface area contributed by atoms with E-state index < -0.39 is 0 Å². The van der Waals surface area contributed by atoms with Crippen molar-refractivity contribution < 1.29 is 9.53 Å². The number of hydrogen-bond donors (Lipinski definition) is 2. The van der Waals surface area contributed by atoms with Gasteiger partial charge in [-0.3, -0.25) is 9.79 Å². The van der Waals surface area contributed by atoms with Gasteiger partial charge in [-0.1, -0.05) is 0 Å². The normalized spacial score (nSPS) is 23.4. The highest BCUT2D eigenvalue weighted by atomic mass is 32.1. The van der Waals surface area contributed by atoms with E-state index in [4.69, 9.17) is 4.74 Å². The van der Waals surface area contributed by atoms with Crippen LogP contribution in [-0.2, 0) is 22.5 Å². The molecule has 1 saturated heterocycles. The number of carbonyl (C=O) groups is 1. The first-order valence-corrected chi connectivity index (χ1v) is 9.89. The maximum absolute atomic E-state index is 12.4. The first kappa shape index (κ1) is 18.2. The first-order valence-electron chi connectivity index (χ1n) is 9.01. The molecular weight excluding hydrogens is 336 g/mol. The van der Waals surface area contributed by atoms with Gasteiger partial charge in [-0.25, -0.2) is 0 Å². The number of nitrogens with one attached hydrogen (secondary N) is 2. The average molecular weight is 365 g/mol. The first-order chi connectivity index (χ1) is 12.1. The molecule has 0 aromatic carbocycles. The van der Waals surface area contributed by atoms with Crippen molar-refractivity contribution in [3.8, 4) is 0 Å². The third-order valence-corrected chi connectivity index (χ3v) is 5.97. The molecule has 25 heavy (non-hydrogen) atoms. The second-order valence-electron chi connectivity index (χ2n) is 6.94. The van der Waals surface area contributed by atoms with E-state index >= 15 is 0 Å². The number of thiophene rings is 1. The molecule has 2 aliphatic rings. The average Bonchev–Trinajstić information content (AvgIpc) is 3.26. The smallest absolute Gasteiger partial charge is 0.224 e. The highest BCUT2D eigenvalue weighted by molar-refractivity contribution is 7.10. The topological polar surface area (TPSA) is 66.0 Å². The maximum atomic E-state index is 12.4. The van der Waals surface area contributed by atoms with Crippen molar-refractivity contribution >= 4 is 23.2 Å². The summed E-state index contributed by atoms with van der Waals surface area (Å²) in [7, 11) is 1.75. The number of fused-ring (bicyclic) bond motifs is 1. The Balaban J connectivity index is 1.38. The lowest BCUT2D eigenvalue weighted by molar-refractivity contribution is -0.131. The van der Waals surface area contributed by atoms with Crippen molar-refractivity contribution in [2.45, 2.75) is 44.8 Å². The van der Waals surface area contributed by atoms with Gasteiger partial charge in [0, 0.05) is 51.1 Å². The summed E-state index contributed by atoms with van der Waals surface area (Å²) in [5.41, 5.74) is 1.19. The maximum Gasteiger partial charge on any atom is 0.224 e. The van der Waals surface area contributed by atoms with Crippen molar-refractivity contribution in [3.63, 3.8) is 0 Å². The fourth-order valence-electron chi connectivity index (χ4n) is 3.37. The number of ether oxygens (including phenoxy) is 1. The molecule has 1 unspecified atom stereocenters. The summed E-state index contributed by atoms with van der Waals surface area (Å²) in [6.07, 6.45) is 3.64. The van der Waals surface area contributed by atoms with Crippen molar-refractivity contribution in [3.05, 3.63) is 21.9 Å². The van der Waals surface area contributed by atoms with Crippen LogP contribution < -0.4 is 10.6 Å². The highest BCUT2D eigenvalue weighted by Gasteiger charge is 2.29. The minimum atomic E-state index is -0.112. The zero-order valence-corrected chi connectivity index (χ0v) is 16.0. The Bertz CT molecular complexity index is 622. The Morgan fingerprint density at radius 3 is 3.12 bits per heavy atom. The van der Waals surface area contributed by atoms with E-state index in [0.29, 0.717) is 13.0 Å². The van der Waals surface area contributed by atoms with Gasteiger partial charge in [0.05, 0.1) is 5.60 Å². The molecule has 0 radical (unpaired) electrons. The van der Waals surface area contributed by atoms with Gasteiger partial charge in [-0.05, 0) is 43.2 Å². The summed E-state index contributed by atoms with van der Waals surface area (Å²) < 4.78 is 5.77. The molecule has 1 aromatic rings. The van der Waals surface area contributed by atoms with Gasteiger partial charge in [0.15, 0.2) is 5.96 Å². The monoisotopic (exact) mass is 364 g/mol. The van der Waals surface area contributed by atoms with Crippen LogP contribution in [0.3, 0.4) is 0 Å². The lowest BCUT2D eigenvalue weighted by Crippen LogP contribution is -2.46. The molecular formula is C18H28N4O2S. The predicted molar refractivity (Wildman–Crippen MR) is 101 cm³/mol. The Kier molecular flexibility index (Phi) is 5.96. The molecule has 1 atom stereocenters. The Morgan fingerprint density at radius 1 is 1.48 bits per heavy atom. The summed E-state index contributed by atoms with van der Waals surface area (Å²) in [4.78, 5) is 20.0. The minimum Gasteiger partial charge on any atom is -0.373 e. The van der Waals surface area contributed by atoms with Crippen LogP contribution >= 0.6 is 11.3 Å². The highest BCUT2D eigenvalue weighted by Crippen LogP contribution is 2.24. The molecule has 0 bridgehead atoms. The van der Waals surface area contributed by atoms with Crippen molar-refractivity contribution in [1.82, 2.24) is 15.5 Å². The number of carbonyl (C=O) groups excluding carboxylic acids is 1. The standard InChI is InChI=1S/C18H28N4O2S/c1-18(7-3-10-24-18)13-21-17(19-2)20-8-4-16(23)22-9-5-15-14(12-22)6-11-25-15/h6,11H,3-5,7-10,12-13H2,1-2H3,(H2,19,20,21). The minimum absolute atomic E-state index is 0.112. The molecule has 1 aromatic heterocycles. The van der Waals surface area contributed by atoms with E-state index in [-0.39, 0.29) is 11.5 Å². The molecule has 3 heterocycles. The van der Waals surface area contributed by atoms with Crippen LogP contribution in [0.15, 0.2) is 16.4 Å². The Morgan fingerprint density at radius 2 is 2.36 bits per heavy atom. The van der Waals surface area contributed by atoms with Gasteiger partial charge in [-0.15, -0.1) is 11.3 Å². The molecule has 0 spiro atoms. The fraction of sp³-hybridized carbons (Fsp3) is 0.667. The van der Waals surface area contributed by atoms with Gasteiger partial charge >= 0.3 is 0 Å². The molecule has 3 rings (SSSR count). The van der Waals surface area contributed by atoms with Gasteiger partial charge in [0.1, 0.15) is 0 Å². The SMILES string of the molecule is CN=C(NCCC(=O)N1CCc2sccc2C1)NCC1(C)CCCO1.